The van der Waals surface area contributed by atoms with Crippen LogP contribution in [0.2, 0.25) is 0 Å². The highest BCUT2D eigenvalue weighted by Gasteiger charge is 2.25. The maximum atomic E-state index is 13.2. The molecule has 0 radical (unpaired) electrons. The van der Waals surface area contributed by atoms with Crippen molar-refractivity contribution in [1.29, 1.82) is 0 Å². The lowest BCUT2D eigenvalue weighted by atomic mass is 10.0. The van der Waals surface area contributed by atoms with Gasteiger partial charge in [-0.2, -0.15) is 0 Å². The van der Waals surface area contributed by atoms with Gasteiger partial charge in [-0.25, -0.2) is 9.18 Å². The molecule has 0 aliphatic heterocycles. The molecule has 3 aromatic rings. The highest BCUT2D eigenvalue weighted by Crippen LogP contribution is 2.25. The number of carboxylic acid groups (broad SMARTS) is 1. The molecule has 3 aromatic carbocycles. The fourth-order valence-corrected chi connectivity index (χ4v) is 3.23. The number of amides is 1. The second kappa shape index (κ2) is 9.47. The Labute approximate surface area is 185 Å². The van der Waals surface area contributed by atoms with E-state index in [9.17, 15) is 14.0 Å². The van der Waals surface area contributed by atoms with Crippen molar-refractivity contribution in [3.8, 4) is 0 Å². The lowest BCUT2D eigenvalue weighted by molar-refractivity contribution is -0.115. The molecule has 162 valence electrons. The van der Waals surface area contributed by atoms with E-state index in [1.165, 1.54) is 12.1 Å². The normalized spacial score (nSPS) is 13.5. The van der Waals surface area contributed by atoms with E-state index in [0.717, 1.165) is 35.2 Å². The summed E-state index contributed by atoms with van der Waals surface area (Å²) in [6.45, 7) is 0.541. The third-order valence-corrected chi connectivity index (χ3v) is 5.23. The van der Waals surface area contributed by atoms with Crippen molar-refractivity contribution in [2.75, 3.05) is 5.32 Å². The monoisotopic (exact) mass is 430 g/mol. The van der Waals surface area contributed by atoms with Crippen molar-refractivity contribution in [3.05, 3.63) is 101 Å². The Morgan fingerprint density at radius 3 is 2.12 bits per heavy atom. The molecule has 4 rings (SSSR count). The molecule has 1 saturated carbocycles. The van der Waals surface area contributed by atoms with Gasteiger partial charge >= 0.3 is 5.97 Å². The van der Waals surface area contributed by atoms with Gasteiger partial charge in [0.2, 0.25) is 0 Å². The zero-order valence-electron chi connectivity index (χ0n) is 17.3. The fourth-order valence-electron chi connectivity index (χ4n) is 3.23. The van der Waals surface area contributed by atoms with Crippen LogP contribution in [0.15, 0.2) is 72.8 Å². The van der Waals surface area contributed by atoms with E-state index in [1.54, 1.807) is 42.5 Å². The van der Waals surface area contributed by atoms with Crippen LogP contribution in [0.5, 0.6) is 0 Å². The summed E-state index contributed by atoms with van der Waals surface area (Å²) in [5, 5.41) is 15.3. The molecular weight excluding hydrogens is 407 g/mol. The molecule has 0 aromatic heterocycles. The quantitative estimate of drug-likeness (QED) is 0.349. The molecule has 0 unspecified atom stereocenters. The number of carbonyl (C=O) groups is 2. The van der Waals surface area contributed by atoms with Crippen LogP contribution in [0.4, 0.5) is 10.1 Å². The third-order valence-electron chi connectivity index (χ3n) is 5.23. The lowest BCUT2D eigenvalue weighted by Crippen LogP contribution is -2.26. The molecule has 0 heterocycles. The number of rotatable bonds is 8. The molecule has 1 amide bonds. The number of benzene rings is 3. The van der Waals surface area contributed by atoms with Gasteiger partial charge in [-0.05, 0) is 72.0 Å². The average molecular weight is 430 g/mol. The van der Waals surface area contributed by atoms with Gasteiger partial charge in [0.15, 0.2) is 0 Å². The van der Waals surface area contributed by atoms with Crippen LogP contribution in [-0.2, 0) is 11.3 Å². The minimum atomic E-state index is -0.949. The number of halogens is 1. The molecule has 32 heavy (non-hydrogen) atoms. The van der Waals surface area contributed by atoms with Gasteiger partial charge < -0.3 is 15.7 Å². The molecule has 3 N–H and O–H groups in total. The van der Waals surface area contributed by atoms with E-state index in [1.807, 2.05) is 24.3 Å². The zero-order valence-corrected chi connectivity index (χ0v) is 17.3. The predicted molar refractivity (Wildman–Crippen MR) is 123 cm³/mol. The van der Waals surface area contributed by atoms with Crippen molar-refractivity contribution < 1.29 is 19.1 Å². The van der Waals surface area contributed by atoms with Crippen LogP contribution >= 0.6 is 0 Å². The minimum Gasteiger partial charge on any atom is -0.478 e. The highest BCUT2D eigenvalue weighted by atomic mass is 19.1. The zero-order chi connectivity index (χ0) is 22.5. The first-order valence-electron chi connectivity index (χ1n) is 10.4. The number of anilines is 1. The lowest BCUT2D eigenvalue weighted by Gasteiger charge is -2.11. The summed E-state index contributed by atoms with van der Waals surface area (Å²) in [6.07, 6.45) is 3.75. The van der Waals surface area contributed by atoms with Crippen molar-refractivity contribution >= 4 is 29.2 Å². The second-order valence-electron chi connectivity index (χ2n) is 7.79. The van der Waals surface area contributed by atoms with Gasteiger partial charge in [0.1, 0.15) is 5.82 Å². The summed E-state index contributed by atoms with van der Waals surface area (Å²) in [7, 11) is 0. The van der Waals surface area contributed by atoms with Crippen LogP contribution in [-0.4, -0.2) is 23.0 Å². The van der Waals surface area contributed by atoms with Crippen LogP contribution in [0.3, 0.4) is 0 Å². The number of nitrogens with one attached hydrogen (secondary N) is 2. The SMILES string of the molecule is O=C(NC1CC1)/C(=C/c1ccc(F)cc1)c1ccc(NCc2ccc(C(=O)O)cc2)cc1. The van der Waals surface area contributed by atoms with E-state index in [4.69, 9.17) is 5.11 Å². The van der Waals surface area contributed by atoms with Gasteiger partial charge in [0, 0.05) is 23.8 Å². The largest absolute Gasteiger partial charge is 0.478 e. The first-order chi connectivity index (χ1) is 15.5. The summed E-state index contributed by atoms with van der Waals surface area (Å²) in [5.41, 5.74) is 4.13. The molecule has 0 spiro atoms. The van der Waals surface area contributed by atoms with Crippen molar-refractivity contribution in [3.63, 3.8) is 0 Å². The second-order valence-corrected chi connectivity index (χ2v) is 7.79. The van der Waals surface area contributed by atoms with E-state index in [2.05, 4.69) is 10.6 Å². The van der Waals surface area contributed by atoms with Crippen LogP contribution < -0.4 is 10.6 Å². The molecule has 1 aliphatic carbocycles. The Kier molecular flexibility index (Phi) is 6.31. The Balaban J connectivity index is 1.48. The van der Waals surface area contributed by atoms with Crippen LogP contribution in [0.25, 0.3) is 11.6 Å². The van der Waals surface area contributed by atoms with Gasteiger partial charge in [0.05, 0.1) is 5.56 Å². The predicted octanol–water partition coefficient (Wildman–Crippen LogP) is 4.96. The smallest absolute Gasteiger partial charge is 0.335 e. The van der Waals surface area contributed by atoms with E-state index in [0.29, 0.717) is 12.1 Å². The first-order valence-corrected chi connectivity index (χ1v) is 10.4. The maximum Gasteiger partial charge on any atom is 0.335 e. The fraction of sp³-hybridized carbons (Fsp3) is 0.154. The average Bonchev–Trinajstić information content (AvgIpc) is 3.62. The summed E-state index contributed by atoms with van der Waals surface area (Å²) in [5.74, 6) is -1.41. The third kappa shape index (κ3) is 5.60. The van der Waals surface area contributed by atoms with Crippen LogP contribution in [0.1, 0.15) is 39.9 Å². The Bertz CT molecular complexity index is 1130. The van der Waals surface area contributed by atoms with E-state index < -0.39 is 5.97 Å². The van der Waals surface area contributed by atoms with Gasteiger partial charge in [0.25, 0.3) is 5.91 Å². The number of hydrogen-bond donors (Lipinski definition) is 3. The standard InChI is InChI=1S/C26H23FN2O3/c27-21-9-3-17(4-10-21)15-24(25(30)29-23-13-14-23)19-7-11-22(12-8-19)28-16-18-1-5-20(6-2-18)26(31)32/h1-12,15,23,28H,13-14,16H2,(H,29,30)(H,31,32)/b24-15+. The number of aromatic carboxylic acids is 1. The Morgan fingerprint density at radius 2 is 1.53 bits per heavy atom. The minimum absolute atomic E-state index is 0.143. The summed E-state index contributed by atoms with van der Waals surface area (Å²) in [4.78, 5) is 23.8. The number of carbonyl (C=O) groups excluding carboxylic acids is 1. The molecule has 0 saturated heterocycles. The topological polar surface area (TPSA) is 78.4 Å². The van der Waals surface area contributed by atoms with Crippen molar-refractivity contribution in [2.24, 2.45) is 0 Å². The molecule has 6 heteroatoms. The number of hydrogen-bond acceptors (Lipinski definition) is 3. The first kappa shape index (κ1) is 21.3. The molecule has 1 aliphatic rings. The van der Waals surface area contributed by atoms with Crippen molar-refractivity contribution in [1.82, 2.24) is 5.32 Å². The molecule has 0 atom stereocenters. The van der Waals surface area contributed by atoms with Crippen molar-refractivity contribution in [2.45, 2.75) is 25.4 Å². The molecular formula is C26H23FN2O3. The van der Waals surface area contributed by atoms with E-state index in [-0.39, 0.29) is 23.3 Å². The summed E-state index contributed by atoms with van der Waals surface area (Å²) >= 11 is 0. The van der Waals surface area contributed by atoms with E-state index >= 15 is 0 Å². The molecule has 1 fully saturated rings. The van der Waals surface area contributed by atoms with Gasteiger partial charge in [-0.3, -0.25) is 4.79 Å². The highest BCUT2D eigenvalue weighted by molar-refractivity contribution is 6.24. The maximum absolute atomic E-state index is 13.2. The number of carboxylic acids is 1. The van der Waals surface area contributed by atoms with Crippen LogP contribution in [0, 0.1) is 5.82 Å². The summed E-state index contributed by atoms with van der Waals surface area (Å²) in [6, 6.07) is 20.5. The Hall–Kier alpha value is -3.93. The van der Waals surface area contributed by atoms with Gasteiger partial charge in [-0.15, -0.1) is 0 Å². The molecule has 0 bridgehead atoms. The molecule has 5 nitrogen and oxygen atoms in total. The Morgan fingerprint density at radius 1 is 0.906 bits per heavy atom. The van der Waals surface area contributed by atoms with Gasteiger partial charge in [-0.1, -0.05) is 36.4 Å². The summed E-state index contributed by atoms with van der Waals surface area (Å²) < 4.78 is 13.2.